The van der Waals surface area contributed by atoms with Crippen LogP contribution >= 0.6 is 0 Å². The second kappa shape index (κ2) is 8.99. The zero-order valence-corrected chi connectivity index (χ0v) is 20.4. The van der Waals surface area contributed by atoms with Crippen LogP contribution in [0.4, 0.5) is 0 Å². The highest BCUT2D eigenvalue weighted by Crippen LogP contribution is 2.35. The van der Waals surface area contributed by atoms with Crippen LogP contribution < -0.4 is 4.74 Å². The first-order chi connectivity index (χ1) is 15.4. The number of ether oxygens (including phenoxy) is 2. The minimum Gasteiger partial charge on any atom is -0.493 e. The molecule has 0 bridgehead atoms. The van der Waals surface area contributed by atoms with Gasteiger partial charge in [0.05, 0.1) is 16.6 Å². The molecule has 0 fully saturated rings. The average molecular weight is 473 g/mol. The van der Waals surface area contributed by atoms with E-state index in [0.29, 0.717) is 22.4 Å². The number of carbonyl (C=O) groups is 1. The van der Waals surface area contributed by atoms with E-state index >= 15 is 0 Å². The maximum absolute atomic E-state index is 13.3. The number of hydrogen-bond acceptors (Lipinski definition) is 7. The number of methoxy groups -OCH3 is 1. The van der Waals surface area contributed by atoms with Crippen molar-refractivity contribution in [2.45, 2.75) is 38.1 Å². The molecule has 3 rings (SSSR count). The van der Waals surface area contributed by atoms with Gasteiger partial charge in [0.25, 0.3) is 0 Å². The van der Waals surface area contributed by atoms with Crippen LogP contribution in [0, 0.1) is 6.92 Å². The van der Waals surface area contributed by atoms with Crippen molar-refractivity contribution in [1.29, 1.82) is 0 Å². The molecule has 1 aromatic heterocycles. The number of aromatic nitrogens is 2. The molecule has 0 aliphatic heterocycles. The summed E-state index contributed by atoms with van der Waals surface area (Å²) in [6, 6.07) is 9.75. The predicted octanol–water partition coefficient (Wildman–Crippen LogP) is 3.94. The monoisotopic (exact) mass is 472 g/mol. The molecule has 0 spiro atoms. The first-order valence-corrected chi connectivity index (χ1v) is 12.1. The zero-order valence-electron chi connectivity index (χ0n) is 19.5. The summed E-state index contributed by atoms with van der Waals surface area (Å²) in [6.07, 6.45) is 2.45. The smallest absolute Gasteiger partial charge is 0.221 e. The van der Waals surface area contributed by atoms with Crippen molar-refractivity contribution in [3.05, 3.63) is 59.3 Å². The minimum absolute atomic E-state index is 0.0504. The molecule has 1 heterocycles. The van der Waals surface area contributed by atoms with Gasteiger partial charge in [-0.2, -0.15) is 5.10 Å². The summed E-state index contributed by atoms with van der Waals surface area (Å²) in [5, 5.41) is 14.8. The first-order valence-electron chi connectivity index (χ1n) is 10.2. The Morgan fingerprint density at radius 3 is 2.24 bits per heavy atom. The molecule has 9 heteroatoms. The van der Waals surface area contributed by atoms with Crippen molar-refractivity contribution in [1.82, 2.24) is 9.78 Å². The molecule has 0 atom stereocenters. The molecule has 176 valence electrons. The summed E-state index contributed by atoms with van der Waals surface area (Å²) in [5.41, 5.74) is 1.33. The summed E-state index contributed by atoms with van der Waals surface area (Å²) >= 11 is 0. The largest absolute Gasteiger partial charge is 0.493 e. The number of carbonyl (C=O) groups excluding carboxylic acids is 1. The summed E-state index contributed by atoms with van der Waals surface area (Å²) in [4.78, 5) is 13.5. The predicted molar refractivity (Wildman–Crippen MR) is 125 cm³/mol. The third-order valence-electron chi connectivity index (χ3n) is 5.18. The minimum atomic E-state index is -3.59. The molecule has 2 aromatic carbocycles. The van der Waals surface area contributed by atoms with Gasteiger partial charge in [-0.25, -0.2) is 13.1 Å². The van der Waals surface area contributed by atoms with Gasteiger partial charge in [0.15, 0.2) is 22.4 Å². The van der Waals surface area contributed by atoms with Crippen molar-refractivity contribution in [2.75, 3.05) is 20.2 Å². The standard InChI is InChI=1S/C24H28N2O6S/c1-15-18(22(27)19-13-25-26(23(19)28)24(2,3)4)11-12-20(33(6,29)30)21(15)16-7-9-17(10-8-16)32-14-31-5/h7-13,28H,14H2,1-6H3. The first kappa shape index (κ1) is 24.5. The number of hydrogen-bond donors (Lipinski definition) is 1. The maximum Gasteiger partial charge on any atom is 0.221 e. The molecule has 0 radical (unpaired) electrons. The van der Waals surface area contributed by atoms with Crippen LogP contribution in [-0.4, -0.2) is 49.2 Å². The van der Waals surface area contributed by atoms with Crippen LogP contribution in [0.1, 0.15) is 42.3 Å². The summed E-state index contributed by atoms with van der Waals surface area (Å²) in [5.74, 6) is -0.118. The van der Waals surface area contributed by atoms with Gasteiger partial charge in [0.2, 0.25) is 5.88 Å². The third kappa shape index (κ3) is 4.94. The normalized spacial score (nSPS) is 12.1. The second-order valence-corrected chi connectivity index (χ2v) is 10.7. The molecule has 1 N–H and O–H groups in total. The van der Waals surface area contributed by atoms with E-state index in [9.17, 15) is 18.3 Å². The zero-order chi connectivity index (χ0) is 24.6. The van der Waals surface area contributed by atoms with Gasteiger partial charge in [0, 0.05) is 24.5 Å². The van der Waals surface area contributed by atoms with Crippen molar-refractivity contribution < 1.29 is 27.8 Å². The van der Waals surface area contributed by atoms with Crippen molar-refractivity contribution in [3.63, 3.8) is 0 Å². The van der Waals surface area contributed by atoms with Crippen LogP contribution in [0.2, 0.25) is 0 Å². The van der Waals surface area contributed by atoms with E-state index in [0.717, 1.165) is 6.26 Å². The molecule has 0 saturated heterocycles. The van der Waals surface area contributed by atoms with E-state index in [1.807, 2.05) is 20.8 Å². The van der Waals surface area contributed by atoms with Crippen LogP contribution in [0.5, 0.6) is 11.6 Å². The number of benzene rings is 2. The molecular weight excluding hydrogens is 444 g/mol. The lowest BCUT2D eigenvalue weighted by atomic mass is 9.92. The summed E-state index contributed by atoms with van der Waals surface area (Å²) in [7, 11) is -2.07. The van der Waals surface area contributed by atoms with Gasteiger partial charge in [-0.05, 0) is 63.1 Å². The summed E-state index contributed by atoms with van der Waals surface area (Å²) < 4.78 is 36.7. The highest BCUT2D eigenvalue weighted by molar-refractivity contribution is 7.90. The number of ketones is 1. The Balaban J connectivity index is 2.15. The molecule has 8 nitrogen and oxygen atoms in total. The number of sulfone groups is 1. The lowest BCUT2D eigenvalue weighted by molar-refractivity contribution is 0.0511. The van der Waals surface area contributed by atoms with Gasteiger partial charge in [-0.15, -0.1) is 0 Å². The van der Waals surface area contributed by atoms with Gasteiger partial charge < -0.3 is 14.6 Å². The Kier molecular flexibility index (Phi) is 6.67. The molecule has 33 heavy (non-hydrogen) atoms. The molecule has 0 unspecified atom stereocenters. The van der Waals surface area contributed by atoms with Crippen LogP contribution in [0.15, 0.2) is 47.5 Å². The van der Waals surface area contributed by atoms with E-state index in [1.54, 1.807) is 31.2 Å². The molecule has 3 aromatic rings. The lowest BCUT2D eigenvalue weighted by Gasteiger charge is -2.20. The van der Waals surface area contributed by atoms with E-state index in [4.69, 9.17) is 9.47 Å². The molecule has 0 saturated carbocycles. The Bertz CT molecular complexity index is 1290. The molecule has 0 amide bonds. The maximum atomic E-state index is 13.3. The Hall–Kier alpha value is -3.17. The Morgan fingerprint density at radius 1 is 1.09 bits per heavy atom. The van der Waals surface area contributed by atoms with E-state index in [-0.39, 0.29) is 28.7 Å². The lowest BCUT2D eigenvalue weighted by Crippen LogP contribution is -2.22. The van der Waals surface area contributed by atoms with Gasteiger partial charge in [-0.3, -0.25) is 4.79 Å². The van der Waals surface area contributed by atoms with E-state index in [2.05, 4.69) is 5.10 Å². The van der Waals surface area contributed by atoms with Crippen molar-refractivity contribution in [2.24, 2.45) is 0 Å². The fraction of sp³-hybridized carbons (Fsp3) is 0.333. The van der Waals surface area contributed by atoms with Crippen LogP contribution in [0.25, 0.3) is 11.1 Å². The topological polar surface area (TPSA) is 108 Å². The van der Waals surface area contributed by atoms with Gasteiger partial charge in [-0.1, -0.05) is 12.1 Å². The van der Waals surface area contributed by atoms with Crippen LogP contribution in [0.3, 0.4) is 0 Å². The third-order valence-corrected chi connectivity index (χ3v) is 6.32. The Morgan fingerprint density at radius 2 is 1.73 bits per heavy atom. The fourth-order valence-electron chi connectivity index (χ4n) is 3.58. The second-order valence-electron chi connectivity index (χ2n) is 8.75. The molecular formula is C24H28N2O6S. The quantitative estimate of drug-likeness (QED) is 0.410. The number of rotatable bonds is 7. The van der Waals surface area contributed by atoms with Crippen molar-refractivity contribution >= 4 is 15.6 Å². The van der Waals surface area contributed by atoms with E-state index in [1.165, 1.54) is 30.1 Å². The molecule has 0 aliphatic carbocycles. The van der Waals surface area contributed by atoms with E-state index < -0.39 is 21.2 Å². The van der Waals surface area contributed by atoms with Crippen molar-refractivity contribution in [3.8, 4) is 22.8 Å². The van der Waals surface area contributed by atoms with Crippen LogP contribution in [-0.2, 0) is 20.1 Å². The van der Waals surface area contributed by atoms with Gasteiger partial charge in [0.1, 0.15) is 11.3 Å². The fourth-order valence-corrected chi connectivity index (χ4v) is 4.54. The number of aromatic hydroxyl groups is 1. The SMILES string of the molecule is COCOc1ccc(-c2c(S(C)(=O)=O)ccc(C(=O)c3cnn(C(C)(C)C)c3O)c2C)cc1. The molecule has 0 aliphatic rings. The summed E-state index contributed by atoms with van der Waals surface area (Å²) in [6.45, 7) is 7.36. The van der Waals surface area contributed by atoms with Gasteiger partial charge >= 0.3 is 0 Å². The average Bonchev–Trinajstić information content (AvgIpc) is 3.13. The Labute approximate surface area is 193 Å². The highest BCUT2D eigenvalue weighted by Gasteiger charge is 2.27. The highest BCUT2D eigenvalue weighted by atomic mass is 32.2. The number of nitrogens with zero attached hydrogens (tertiary/aromatic N) is 2.